The van der Waals surface area contributed by atoms with Crippen LogP contribution < -0.4 is 10.7 Å². The van der Waals surface area contributed by atoms with Gasteiger partial charge in [0.1, 0.15) is 5.70 Å². The standard InChI is InChI=1S/C22H21N3O5/c1-12-6-7-16-14(10-12)20(27)13-4-3-5-17(18(13)23-16)24-19-15(22(29)30-2)11-25(8-9-26)21(19)28/h3-7,10,24,26H,8-9,11H2,1-2H3,(H,23,27). The average molecular weight is 407 g/mol. The quantitative estimate of drug-likeness (QED) is 0.438. The number of nitrogens with one attached hydrogen (secondary N) is 2. The Morgan fingerprint density at radius 1 is 1.23 bits per heavy atom. The average Bonchev–Trinajstić information content (AvgIpc) is 3.04. The minimum Gasteiger partial charge on any atom is -0.466 e. The van der Waals surface area contributed by atoms with Gasteiger partial charge in [0, 0.05) is 22.8 Å². The second kappa shape index (κ2) is 7.64. The van der Waals surface area contributed by atoms with Crippen LogP contribution in [0.25, 0.3) is 21.8 Å². The molecule has 0 saturated heterocycles. The number of anilines is 1. The van der Waals surface area contributed by atoms with Crippen molar-refractivity contribution in [2.45, 2.75) is 6.92 Å². The fourth-order valence-corrected chi connectivity index (χ4v) is 3.70. The summed E-state index contributed by atoms with van der Waals surface area (Å²) in [5.41, 5.74) is 2.81. The molecular formula is C22H21N3O5. The van der Waals surface area contributed by atoms with Gasteiger partial charge in [-0.3, -0.25) is 9.59 Å². The van der Waals surface area contributed by atoms with Gasteiger partial charge in [-0.15, -0.1) is 0 Å². The highest BCUT2D eigenvalue weighted by Gasteiger charge is 2.34. The number of esters is 1. The molecule has 4 rings (SSSR count). The number of fused-ring (bicyclic) bond motifs is 2. The summed E-state index contributed by atoms with van der Waals surface area (Å²) < 4.78 is 4.82. The zero-order valence-corrected chi connectivity index (χ0v) is 16.6. The highest BCUT2D eigenvalue weighted by molar-refractivity contribution is 6.10. The SMILES string of the molecule is COC(=O)C1=C(Nc2cccc3c(=O)c4cc(C)ccc4[nH]c23)C(=O)N(CCO)C1. The molecule has 0 aliphatic carbocycles. The molecule has 2 heterocycles. The molecule has 8 heteroatoms. The van der Waals surface area contributed by atoms with Gasteiger partial charge in [0.2, 0.25) is 0 Å². The number of aromatic nitrogens is 1. The minimum atomic E-state index is -0.624. The number of aromatic amines is 1. The van der Waals surface area contributed by atoms with Gasteiger partial charge in [-0.25, -0.2) is 4.79 Å². The Hall–Kier alpha value is -3.65. The number of β-amino-alcohol motifs (C(OH)–C–C–N with tert-alkyl or cyclic N) is 1. The van der Waals surface area contributed by atoms with E-state index in [0.29, 0.717) is 27.5 Å². The Labute approximate surface area is 171 Å². The summed E-state index contributed by atoms with van der Waals surface area (Å²) in [6.45, 7) is 1.84. The summed E-state index contributed by atoms with van der Waals surface area (Å²) in [6, 6.07) is 10.7. The van der Waals surface area contributed by atoms with E-state index < -0.39 is 11.9 Å². The lowest BCUT2D eigenvalue weighted by Crippen LogP contribution is -2.31. The van der Waals surface area contributed by atoms with Crippen LogP contribution in [0.4, 0.5) is 5.69 Å². The second-order valence-corrected chi connectivity index (χ2v) is 7.15. The van der Waals surface area contributed by atoms with Gasteiger partial charge < -0.3 is 25.0 Å². The van der Waals surface area contributed by atoms with Gasteiger partial charge in [0.15, 0.2) is 5.43 Å². The Balaban J connectivity index is 1.86. The number of rotatable bonds is 5. The third-order valence-corrected chi connectivity index (χ3v) is 5.20. The summed E-state index contributed by atoms with van der Waals surface area (Å²) in [7, 11) is 1.25. The number of carbonyl (C=O) groups is 2. The highest BCUT2D eigenvalue weighted by Crippen LogP contribution is 2.27. The molecule has 30 heavy (non-hydrogen) atoms. The molecule has 3 N–H and O–H groups in total. The van der Waals surface area contributed by atoms with E-state index in [-0.39, 0.29) is 36.4 Å². The van der Waals surface area contributed by atoms with Crippen LogP contribution in [0.2, 0.25) is 0 Å². The number of hydrogen-bond donors (Lipinski definition) is 3. The van der Waals surface area contributed by atoms with Gasteiger partial charge >= 0.3 is 5.97 Å². The number of aliphatic hydroxyl groups is 1. The minimum absolute atomic E-state index is 0.0396. The van der Waals surface area contributed by atoms with E-state index in [4.69, 9.17) is 4.74 Å². The number of pyridine rings is 1. The van der Waals surface area contributed by atoms with E-state index >= 15 is 0 Å². The van der Waals surface area contributed by atoms with Gasteiger partial charge in [-0.2, -0.15) is 0 Å². The predicted molar refractivity (Wildman–Crippen MR) is 113 cm³/mol. The molecule has 0 atom stereocenters. The molecule has 0 unspecified atom stereocenters. The van der Waals surface area contributed by atoms with Crippen LogP contribution in [0.15, 0.2) is 52.5 Å². The Kier molecular flexibility index (Phi) is 5.01. The van der Waals surface area contributed by atoms with E-state index in [0.717, 1.165) is 5.56 Å². The number of H-pyrrole nitrogens is 1. The maximum Gasteiger partial charge on any atom is 0.337 e. The number of hydrogen-bond acceptors (Lipinski definition) is 6. The number of para-hydroxylation sites is 1. The van der Waals surface area contributed by atoms with Crippen LogP contribution in [-0.2, 0) is 14.3 Å². The molecule has 1 aromatic heterocycles. The summed E-state index contributed by atoms with van der Waals surface area (Å²) in [5.74, 6) is -1.04. The van der Waals surface area contributed by atoms with Crippen molar-refractivity contribution in [2.75, 3.05) is 32.1 Å². The van der Waals surface area contributed by atoms with Crippen molar-refractivity contribution >= 4 is 39.4 Å². The lowest BCUT2D eigenvalue weighted by atomic mass is 10.1. The van der Waals surface area contributed by atoms with E-state index in [2.05, 4.69) is 10.3 Å². The van der Waals surface area contributed by atoms with E-state index in [9.17, 15) is 19.5 Å². The molecule has 0 radical (unpaired) electrons. The van der Waals surface area contributed by atoms with Gasteiger partial charge in [0.25, 0.3) is 5.91 Å². The summed E-state index contributed by atoms with van der Waals surface area (Å²) in [4.78, 5) is 42.7. The molecule has 8 nitrogen and oxygen atoms in total. The Morgan fingerprint density at radius 3 is 2.77 bits per heavy atom. The van der Waals surface area contributed by atoms with Crippen LogP contribution >= 0.6 is 0 Å². The van der Waals surface area contributed by atoms with Crippen molar-refractivity contribution in [1.82, 2.24) is 9.88 Å². The fourth-order valence-electron chi connectivity index (χ4n) is 3.70. The van der Waals surface area contributed by atoms with E-state index in [1.807, 2.05) is 25.1 Å². The van der Waals surface area contributed by atoms with Crippen molar-refractivity contribution < 1.29 is 19.4 Å². The molecule has 1 aliphatic rings. The lowest BCUT2D eigenvalue weighted by molar-refractivity contribution is -0.136. The van der Waals surface area contributed by atoms with Crippen LogP contribution in [0.1, 0.15) is 5.56 Å². The summed E-state index contributed by atoms with van der Waals surface area (Å²) in [6.07, 6.45) is 0. The smallest absolute Gasteiger partial charge is 0.337 e. The van der Waals surface area contributed by atoms with Crippen molar-refractivity contribution in [3.8, 4) is 0 Å². The first-order chi connectivity index (χ1) is 14.4. The van der Waals surface area contributed by atoms with Crippen molar-refractivity contribution in [3.63, 3.8) is 0 Å². The molecule has 0 spiro atoms. The van der Waals surface area contributed by atoms with Crippen molar-refractivity contribution in [1.29, 1.82) is 0 Å². The summed E-state index contributed by atoms with van der Waals surface area (Å²) >= 11 is 0. The monoisotopic (exact) mass is 407 g/mol. The third-order valence-electron chi connectivity index (χ3n) is 5.20. The molecule has 154 valence electrons. The first-order valence-electron chi connectivity index (χ1n) is 9.48. The molecule has 1 amide bonds. The molecule has 2 aromatic carbocycles. The number of nitrogens with zero attached hydrogens (tertiary/aromatic N) is 1. The van der Waals surface area contributed by atoms with Crippen molar-refractivity contribution in [2.24, 2.45) is 0 Å². The largest absolute Gasteiger partial charge is 0.466 e. The second-order valence-electron chi connectivity index (χ2n) is 7.15. The maximum atomic E-state index is 13.0. The molecule has 0 bridgehead atoms. The molecule has 0 saturated carbocycles. The first-order valence-corrected chi connectivity index (χ1v) is 9.48. The van der Waals surface area contributed by atoms with Crippen LogP contribution in [-0.4, -0.2) is 53.7 Å². The van der Waals surface area contributed by atoms with Crippen molar-refractivity contribution in [3.05, 3.63) is 63.5 Å². The zero-order chi connectivity index (χ0) is 21.4. The zero-order valence-electron chi connectivity index (χ0n) is 16.6. The highest BCUT2D eigenvalue weighted by atomic mass is 16.5. The third kappa shape index (κ3) is 3.21. The van der Waals surface area contributed by atoms with Crippen LogP contribution in [0, 0.1) is 6.92 Å². The number of methoxy groups -OCH3 is 1. The number of amides is 1. The maximum absolute atomic E-state index is 13.0. The number of aryl methyl sites for hydroxylation is 1. The Bertz CT molecular complexity index is 1270. The summed E-state index contributed by atoms with van der Waals surface area (Å²) in [5, 5.41) is 13.3. The van der Waals surface area contributed by atoms with Gasteiger partial charge in [-0.05, 0) is 31.2 Å². The van der Waals surface area contributed by atoms with Crippen LogP contribution in [0.5, 0.6) is 0 Å². The molecule has 3 aromatic rings. The molecular weight excluding hydrogens is 386 g/mol. The fraction of sp³-hybridized carbons (Fsp3) is 0.227. The molecule has 0 fully saturated rings. The van der Waals surface area contributed by atoms with Gasteiger partial charge in [-0.1, -0.05) is 17.7 Å². The Morgan fingerprint density at radius 2 is 2.03 bits per heavy atom. The normalized spacial score (nSPS) is 14.1. The number of benzene rings is 2. The number of ether oxygens (including phenoxy) is 1. The first kappa shape index (κ1) is 19.7. The van der Waals surface area contributed by atoms with E-state index in [1.165, 1.54) is 12.0 Å². The number of aliphatic hydroxyl groups excluding tert-OH is 1. The van der Waals surface area contributed by atoms with Crippen LogP contribution in [0.3, 0.4) is 0 Å². The van der Waals surface area contributed by atoms with Gasteiger partial charge in [0.05, 0.1) is 37.0 Å². The number of carbonyl (C=O) groups excluding carboxylic acids is 2. The molecule has 1 aliphatic heterocycles. The van der Waals surface area contributed by atoms with E-state index in [1.54, 1.807) is 18.2 Å². The predicted octanol–water partition coefficient (Wildman–Crippen LogP) is 1.66. The topological polar surface area (TPSA) is 112 Å². The lowest BCUT2D eigenvalue weighted by Gasteiger charge is -2.15.